The minimum atomic E-state index is -0.275. The summed E-state index contributed by atoms with van der Waals surface area (Å²) >= 11 is 0. The molecule has 0 aliphatic carbocycles. The summed E-state index contributed by atoms with van der Waals surface area (Å²) < 4.78 is 10.7. The Morgan fingerprint density at radius 2 is 2.00 bits per heavy atom. The van der Waals surface area contributed by atoms with Gasteiger partial charge in [0.2, 0.25) is 5.43 Å². The SMILES string of the molecule is COc1ccc2c(=O)c(C(=O)N3CCN4CCC3CC4)coc2c1. The van der Waals surface area contributed by atoms with Crippen molar-refractivity contribution in [1.29, 1.82) is 0 Å². The molecule has 6 heteroatoms. The van der Waals surface area contributed by atoms with E-state index in [0.29, 0.717) is 23.3 Å². The Morgan fingerprint density at radius 3 is 2.75 bits per heavy atom. The van der Waals surface area contributed by atoms with Crippen molar-refractivity contribution in [3.8, 4) is 5.75 Å². The first-order valence-corrected chi connectivity index (χ1v) is 8.30. The first kappa shape index (κ1) is 15.2. The Hall–Kier alpha value is -2.34. The fourth-order valence-corrected chi connectivity index (χ4v) is 3.69. The first-order chi connectivity index (χ1) is 11.7. The molecule has 3 aliphatic rings. The van der Waals surface area contributed by atoms with Gasteiger partial charge in [0.15, 0.2) is 0 Å². The van der Waals surface area contributed by atoms with Gasteiger partial charge in [0.05, 0.1) is 12.5 Å². The highest BCUT2D eigenvalue weighted by Gasteiger charge is 2.33. The molecule has 0 saturated carbocycles. The van der Waals surface area contributed by atoms with Gasteiger partial charge >= 0.3 is 0 Å². The van der Waals surface area contributed by atoms with Crippen molar-refractivity contribution in [2.75, 3.05) is 33.3 Å². The molecule has 126 valence electrons. The number of hydrogen-bond acceptors (Lipinski definition) is 5. The van der Waals surface area contributed by atoms with Gasteiger partial charge in [0, 0.05) is 38.3 Å². The summed E-state index contributed by atoms with van der Waals surface area (Å²) in [6.45, 7) is 3.60. The number of piperidine rings is 1. The zero-order chi connectivity index (χ0) is 16.7. The zero-order valence-electron chi connectivity index (χ0n) is 13.7. The fraction of sp³-hybridized carbons (Fsp3) is 0.444. The lowest BCUT2D eigenvalue weighted by Gasteiger charge is -2.31. The second-order valence-electron chi connectivity index (χ2n) is 6.41. The number of fused-ring (bicyclic) bond motifs is 5. The summed E-state index contributed by atoms with van der Waals surface area (Å²) in [5, 5.41) is 0.407. The zero-order valence-corrected chi connectivity index (χ0v) is 13.7. The number of benzene rings is 1. The number of methoxy groups -OCH3 is 1. The third-order valence-electron chi connectivity index (χ3n) is 5.13. The number of amides is 1. The summed E-state index contributed by atoms with van der Waals surface area (Å²) in [7, 11) is 1.56. The van der Waals surface area contributed by atoms with E-state index in [1.165, 1.54) is 6.26 Å². The van der Waals surface area contributed by atoms with Crippen LogP contribution in [0.2, 0.25) is 0 Å². The monoisotopic (exact) mass is 328 g/mol. The lowest BCUT2D eigenvalue weighted by atomic mass is 10.0. The smallest absolute Gasteiger partial charge is 0.261 e. The van der Waals surface area contributed by atoms with E-state index < -0.39 is 0 Å². The molecule has 0 unspecified atom stereocenters. The van der Waals surface area contributed by atoms with E-state index in [9.17, 15) is 9.59 Å². The van der Waals surface area contributed by atoms with Crippen LogP contribution in [0.1, 0.15) is 23.2 Å². The number of rotatable bonds is 2. The van der Waals surface area contributed by atoms with Crippen molar-refractivity contribution in [3.05, 3.63) is 40.2 Å². The first-order valence-electron chi connectivity index (χ1n) is 8.30. The maximum atomic E-state index is 13.0. The molecule has 0 N–H and O–H groups in total. The van der Waals surface area contributed by atoms with Crippen molar-refractivity contribution in [3.63, 3.8) is 0 Å². The molecule has 3 fully saturated rings. The number of nitrogens with zero attached hydrogens (tertiary/aromatic N) is 2. The molecule has 6 nitrogen and oxygen atoms in total. The van der Waals surface area contributed by atoms with E-state index in [2.05, 4.69) is 4.90 Å². The topological polar surface area (TPSA) is 63.0 Å². The molecule has 2 bridgehead atoms. The van der Waals surface area contributed by atoms with Crippen LogP contribution in [0.5, 0.6) is 5.75 Å². The lowest BCUT2D eigenvalue weighted by Crippen LogP contribution is -2.43. The number of carbonyl (C=O) groups is 1. The minimum Gasteiger partial charge on any atom is -0.497 e. The fourth-order valence-electron chi connectivity index (χ4n) is 3.69. The molecule has 1 aromatic carbocycles. The molecule has 5 rings (SSSR count). The highest BCUT2D eigenvalue weighted by atomic mass is 16.5. The molecule has 3 saturated heterocycles. The Bertz CT molecular complexity index is 837. The summed E-state index contributed by atoms with van der Waals surface area (Å²) in [6, 6.07) is 5.23. The van der Waals surface area contributed by atoms with E-state index >= 15 is 0 Å². The molecule has 0 atom stereocenters. The van der Waals surface area contributed by atoms with Crippen LogP contribution in [0.25, 0.3) is 11.0 Å². The Balaban J connectivity index is 1.72. The second-order valence-corrected chi connectivity index (χ2v) is 6.41. The van der Waals surface area contributed by atoms with Crippen LogP contribution in [-0.2, 0) is 0 Å². The van der Waals surface area contributed by atoms with Crippen LogP contribution in [0.3, 0.4) is 0 Å². The minimum absolute atomic E-state index is 0.119. The molecule has 1 amide bonds. The molecule has 1 aromatic heterocycles. The van der Waals surface area contributed by atoms with Crippen molar-refractivity contribution < 1.29 is 13.9 Å². The second kappa shape index (κ2) is 5.94. The molecule has 0 spiro atoms. The van der Waals surface area contributed by atoms with E-state index in [1.54, 1.807) is 25.3 Å². The standard InChI is InChI=1S/C18H20N2O4/c1-23-13-2-3-14-16(10-13)24-11-15(17(14)21)18(22)20-9-8-19-6-4-12(20)5-7-19/h2-3,10-12H,4-9H2,1H3. The lowest BCUT2D eigenvalue weighted by molar-refractivity contribution is 0.0681. The van der Waals surface area contributed by atoms with Crippen LogP contribution in [0.4, 0.5) is 0 Å². The average Bonchev–Trinajstić information content (AvgIpc) is 2.95. The third kappa shape index (κ3) is 2.47. The van der Waals surface area contributed by atoms with Crippen LogP contribution in [0.15, 0.2) is 33.7 Å². The summed E-state index contributed by atoms with van der Waals surface area (Å²) in [5.41, 5.74) is 0.273. The van der Waals surface area contributed by atoms with Crippen LogP contribution in [-0.4, -0.2) is 55.0 Å². The van der Waals surface area contributed by atoms with Gasteiger partial charge in [-0.2, -0.15) is 0 Å². The predicted octanol–water partition coefficient (Wildman–Crippen LogP) is 1.72. The maximum Gasteiger partial charge on any atom is 0.261 e. The maximum absolute atomic E-state index is 13.0. The van der Waals surface area contributed by atoms with Crippen LogP contribution >= 0.6 is 0 Å². The van der Waals surface area contributed by atoms with Gasteiger partial charge in [-0.05, 0) is 25.0 Å². The van der Waals surface area contributed by atoms with Crippen molar-refractivity contribution in [2.24, 2.45) is 0 Å². The van der Waals surface area contributed by atoms with Gasteiger partial charge < -0.3 is 19.0 Å². The van der Waals surface area contributed by atoms with Gasteiger partial charge in [-0.3, -0.25) is 9.59 Å². The predicted molar refractivity (Wildman–Crippen MR) is 89.5 cm³/mol. The number of ether oxygens (including phenoxy) is 1. The Labute approximate surface area is 139 Å². The molecule has 4 heterocycles. The van der Waals surface area contributed by atoms with E-state index in [-0.39, 0.29) is 22.9 Å². The van der Waals surface area contributed by atoms with Gasteiger partial charge in [0.1, 0.15) is 23.2 Å². The molecule has 3 aliphatic heterocycles. The largest absolute Gasteiger partial charge is 0.497 e. The van der Waals surface area contributed by atoms with E-state index in [4.69, 9.17) is 9.15 Å². The van der Waals surface area contributed by atoms with Crippen LogP contribution < -0.4 is 10.2 Å². The summed E-state index contributed by atoms with van der Waals surface area (Å²) in [5.74, 6) is 0.401. The van der Waals surface area contributed by atoms with Crippen molar-refractivity contribution in [2.45, 2.75) is 18.9 Å². The highest BCUT2D eigenvalue weighted by molar-refractivity contribution is 5.97. The normalized spacial score (nSPS) is 23.3. The third-order valence-corrected chi connectivity index (χ3v) is 5.13. The Kier molecular flexibility index (Phi) is 3.76. The van der Waals surface area contributed by atoms with Crippen molar-refractivity contribution >= 4 is 16.9 Å². The van der Waals surface area contributed by atoms with Gasteiger partial charge in [0.25, 0.3) is 5.91 Å². The quantitative estimate of drug-likeness (QED) is 0.840. The Morgan fingerprint density at radius 1 is 1.21 bits per heavy atom. The molecule has 0 radical (unpaired) electrons. The summed E-state index contributed by atoms with van der Waals surface area (Å²) in [4.78, 5) is 29.9. The van der Waals surface area contributed by atoms with Crippen molar-refractivity contribution in [1.82, 2.24) is 9.80 Å². The molecular formula is C18H20N2O4. The number of hydrogen-bond donors (Lipinski definition) is 0. The summed E-state index contributed by atoms with van der Waals surface area (Å²) in [6.07, 6.45) is 3.24. The molecule has 24 heavy (non-hydrogen) atoms. The van der Waals surface area contributed by atoms with Gasteiger partial charge in [-0.25, -0.2) is 0 Å². The van der Waals surface area contributed by atoms with E-state index in [0.717, 1.165) is 32.5 Å². The highest BCUT2D eigenvalue weighted by Crippen LogP contribution is 2.23. The van der Waals surface area contributed by atoms with E-state index in [1.807, 2.05) is 4.90 Å². The van der Waals surface area contributed by atoms with Gasteiger partial charge in [-0.1, -0.05) is 0 Å². The molecule has 2 aromatic rings. The van der Waals surface area contributed by atoms with Crippen LogP contribution in [0, 0.1) is 0 Å². The van der Waals surface area contributed by atoms with Gasteiger partial charge in [-0.15, -0.1) is 0 Å². The molecular weight excluding hydrogens is 308 g/mol. The number of carbonyl (C=O) groups excluding carboxylic acids is 1. The average molecular weight is 328 g/mol.